The highest BCUT2D eigenvalue weighted by atomic mass is 16.3. The van der Waals surface area contributed by atoms with Crippen LogP contribution in [-0.2, 0) is 29.0 Å². The normalized spacial score (nSPS) is 19.1. The Labute approximate surface area is 153 Å². The van der Waals surface area contributed by atoms with Crippen molar-refractivity contribution >= 4 is 17.5 Å². The molecule has 2 amide bonds. The number of hydrogen-bond donors (Lipinski definition) is 0. The maximum Gasteiger partial charge on any atom is 0.228 e. The molecule has 2 heterocycles. The maximum absolute atomic E-state index is 12.8. The molecule has 26 heavy (non-hydrogen) atoms. The van der Waals surface area contributed by atoms with Crippen LogP contribution in [0.4, 0.5) is 5.69 Å². The van der Waals surface area contributed by atoms with E-state index in [-0.39, 0.29) is 24.2 Å². The van der Waals surface area contributed by atoms with Gasteiger partial charge >= 0.3 is 0 Å². The number of nitrogens with zero attached hydrogens (tertiary/aromatic N) is 2. The molecule has 2 aliphatic rings. The molecule has 2 aromatic rings. The lowest BCUT2D eigenvalue weighted by atomic mass is 10.1. The molecule has 4 rings (SSSR count). The molecule has 0 N–H and O–H groups in total. The van der Waals surface area contributed by atoms with Gasteiger partial charge in [0.05, 0.1) is 12.5 Å². The van der Waals surface area contributed by atoms with Crippen molar-refractivity contribution in [1.82, 2.24) is 4.90 Å². The van der Waals surface area contributed by atoms with Gasteiger partial charge in [-0.3, -0.25) is 9.59 Å². The van der Waals surface area contributed by atoms with Crippen molar-refractivity contribution < 1.29 is 14.0 Å². The third kappa shape index (κ3) is 3.14. The highest BCUT2D eigenvalue weighted by Gasteiger charge is 2.36. The van der Waals surface area contributed by atoms with Crippen LogP contribution in [0, 0.1) is 12.8 Å². The molecule has 136 valence electrons. The number of furan rings is 1. The van der Waals surface area contributed by atoms with E-state index in [9.17, 15) is 9.59 Å². The van der Waals surface area contributed by atoms with Crippen LogP contribution in [-0.4, -0.2) is 30.3 Å². The molecule has 1 aliphatic heterocycles. The van der Waals surface area contributed by atoms with Gasteiger partial charge in [-0.1, -0.05) is 6.07 Å². The molecule has 1 saturated heterocycles. The summed E-state index contributed by atoms with van der Waals surface area (Å²) in [5.74, 6) is 1.33. The van der Waals surface area contributed by atoms with Gasteiger partial charge in [0, 0.05) is 25.7 Å². The molecule has 0 radical (unpaired) electrons. The second kappa shape index (κ2) is 6.63. The van der Waals surface area contributed by atoms with Crippen LogP contribution in [0.3, 0.4) is 0 Å². The van der Waals surface area contributed by atoms with Crippen LogP contribution in [0.1, 0.15) is 35.5 Å². The van der Waals surface area contributed by atoms with Gasteiger partial charge in [0.15, 0.2) is 0 Å². The smallest absolute Gasteiger partial charge is 0.228 e. The van der Waals surface area contributed by atoms with E-state index in [4.69, 9.17) is 4.42 Å². The van der Waals surface area contributed by atoms with Gasteiger partial charge in [0.25, 0.3) is 0 Å². The van der Waals surface area contributed by atoms with Gasteiger partial charge in [0.2, 0.25) is 11.8 Å². The zero-order valence-electron chi connectivity index (χ0n) is 15.3. The number of fused-ring (bicyclic) bond motifs is 1. The minimum atomic E-state index is -0.295. The first-order chi connectivity index (χ1) is 12.5. The molecule has 0 saturated carbocycles. The zero-order valence-corrected chi connectivity index (χ0v) is 15.3. The average molecular weight is 352 g/mol. The predicted molar refractivity (Wildman–Crippen MR) is 98.8 cm³/mol. The number of aryl methyl sites for hydroxylation is 3. The van der Waals surface area contributed by atoms with E-state index in [1.165, 1.54) is 17.5 Å². The molecule has 1 aliphatic carbocycles. The average Bonchev–Trinajstić information content (AvgIpc) is 3.33. The second-order valence-corrected chi connectivity index (χ2v) is 7.42. The van der Waals surface area contributed by atoms with E-state index in [0.29, 0.717) is 13.1 Å². The lowest BCUT2D eigenvalue weighted by Crippen LogP contribution is -2.34. The number of anilines is 1. The topological polar surface area (TPSA) is 53.8 Å². The molecule has 5 heteroatoms. The Morgan fingerprint density at radius 3 is 2.81 bits per heavy atom. The van der Waals surface area contributed by atoms with Crippen molar-refractivity contribution in [2.45, 2.75) is 39.2 Å². The number of rotatable bonds is 4. The Morgan fingerprint density at radius 2 is 2.04 bits per heavy atom. The zero-order chi connectivity index (χ0) is 18.3. The largest absolute Gasteiger partial charge is 0.464 e. The Hall–Kier alpha value is -2.56. The molecule has 0 bridgehead atoms. The molecule has 1 unspecified atom stereocenters. The summed E-state index contributed by atoms with van der Waals surface area (Å²) in [6, 6.07) is 10.1. The monoisotopic (exact) mass is 352 g/mol. The lowest BCUT2D eigenvalue weighted by molar-refractivity contribution is -0.135. The molecule has 1 aromatic carbocycles. The highest BCUT2D eigenvalue weighted by Crippen LogP contribution is 2.31. The Kier molecular flexibility index (Phi) is 4.31. The molecule has 5 nitrogen and oxygen atoms in total. The number of carbonyl (C=O) groups is 2. The third-order valence-corrected chi connectivity index (χ3v) is 5.43. The molecule has 1 atom stereocenters. The Balaban J connectivity index is 1.44. The summed E-state index contributed by atoms with van der Waals surface area (Å²) in [5, 5.41) is 0. The number of carbonyl (C=O) groups excluding carboxylic acids is 2. The van der Waals surface area contributed by atoms with E-state index in [2.05, 4.69) is 12.1 Å². The second-order valence-electron chi connectivity index (χ2n) is 7.42. The molecular weight excluding hydrogens is 328 g/mol. The Morgan fingerprint density at radius 1 is 1.23 bits per heavy atom. The van der Waals surface area contributed by atoms with Gasteiger partial charge in [-0.05, 0) is 61.6 Å². The number of benzene rings is 1. The quantitative estimate of drug-likeness (QED) is 0.850. The molecule has 1 aromatic heterocycles. The fraction of sp³-hybridized carbons (Fsp3) is 0.429. The van der Waals surface area contributed by atoms with Crippen LogP contribution < -0.4 is 4.90 Å². The van der Waals surface area contributed by atoms with Crippen molar-refractivity contribution in [2.75, 3.05) is 18.5 Å². The first kappa shape index (κ1) is 16.9. The summed E-state index contributed by atoms with van der Waals surface area (Å²) in [5.41, 5.74) is 3.66. The minimum Gasteiger partial charge on any atom is -0.464 e. The van der Waals surface area contributed by atoms with Crippen molar-refractivity contribution in [3.05, 3.63) is 53.0 Å². The predicted octanol–water partition coefficient (Wildman–Crippen LogP) is 3.09. The summed E-state index contributed by atoms with van der Waals surface area (Å²) in [6.07, 6.45) is 3.67. The highest BCUT2D eigenvalue weighted by molar-refractivity contribution is 6.00. The van der Waals surface area contributed by atoms with Crippen LogP contribution in [0.2, 0.25) is 0 Å². The van der Waals surface area contributed by atoms with Gasteiger partial charge in [-0.15, -0.1) is 0 Å². The first-order valence-electron chi connectivity index (χ1n) is 9.24. The summed E-state index contributed by atoms with van der Waals surface area (Å²) in [7, 11) is 1.77. The van der Waals surface area contributed by atoms with Crippen molar-refractivity contribution in [2.24, 2.45) is 5.92 Å². The first-order valence-corrected chi connectivity index (χ1v) is 9.24. The van der Waals surface area contributed by atoms with Crippen LogP contribution >= 0.6 is 0 Å². The molecule has 1 fully saturated rings. The van der Waals surface area contributed by atoms with Crippen molar-refractivity contribution in [1.29, 1.82) is 0 Å². The summed E-state index contributed by atoms with van der Waals surface area (Å²) in [6.45, 7) is 2.77. The minimum absolute atomic E-state index is 0.00365. The van der Waals surface area contributed by atoms with Crippen LogP contribution in [0.25, 0.3) is 0 Å². The van der Waals surface area contributed by atoms with Gasteiger partial charge in [-0.2, -0.15) is 0 Å². The molecular formula is C21H24N2O3. The number of amides is 2. The van der Waals surface area contributed by atoms with Gasteiger partial charge < -0.3 is 14.2 Å². The standard InChI is InChI=1S/C21H24N2O3/c1-14-6-9-19(26-14)13-22(2)21(25)17-11-20(24)23(12-17)18-8-7-15-4-3-5-16(15)10-18/h6-10,17H,3-5,11-13H2,1-2H3. The van der Waals surface area contributed by atoms with E-state index >= 15 is 0 Å². The summed E-state index contributed by atoms with van der Waals surface area (Å²) >= 11 is 0. The van der Waals surface area contributed by atoms with E-state index < -0.39 is 0 Å². The van der Waals surface area contributed by atoms with Gasteiger partial charge in [-0.25, -0.2) is 0 Å². The lowest BCUT2D eigenvalue weighted by Gasteiger charge is -2.21. The fourth-order valence-electron chi connectivity index (χ4n) is 4.04. The molecule has 0 spiro atoms. The van der Waals surface area contributed by atoms with Crippen molar-refractivity contribution in [3.63, 3.8) is 0 Å². The van der Waals surface area contributed by atoms with E-state index in [1.54, 1.807) is 16.8 Å². The SMILES string of the molecule is Cc1ccc(CN(C)C(=O)C2CC(=O)N(c3ccc4c(c3)CCC4)C2)o1. The number of hydrogen-bond acceptors (Lipinski definition) is 3. The van der Waals surface area contributed by atoms with E-state index in [0.717, 1.165) is 30.0 Å². The van der Waals surface area contributed by atoms with Crippen molar-refractivity contribution in [3.8, 4) is 0 Å². The van der Waals surface area contributed by atoms with Crippen LogP contribution in [0.5, 0.6) is 0 Å². The third-order valence-electron chi connectivity index (χ3n) is 5.43. The Bertz CT molecular complexity index is 855. The van der Waals surface area contributed by atoms with Gasteiger partial charge in [0.1, 0.15) is 11.5 Å². The summed E-state index contributed by atoms with van der Waals surface area (Å²) < 4.78 is 5.55. The van der Waals surface area contributed by atoms with E-state index in [1.807, 2.05) is 25.1 Å². The van der Waals surface area contributed by atoms with Crippen LogP contribution in [0.15, 0.2) is 34.7 Å². The fourth-order valence-corrected chi connectivity index (χ4v) is 4.04. The maximum atomic E-state index is 12.8. The summed E-state index contributed by atoms with van der Waals surface area (Å²) in [4.78, 5) is 28.7.